The first-order chi connectivity index (χ1) is 31.0. The van der Waals surface area contributed by atoms with E-state index in [4.69, 9.17) is 53.6 Å². The number of thiocarbonyl (C=S) groups is 2. The number of carbonyl (C=O) groups is 4. The van der Waals surface area contributed by atoms with Crippen LogP contribution in [0.25, 0.3) is 12.2 Å². The van der Waals surface area contributed by atoms with Gasteiger partial charge in [-0.25, -0.2) is 0 Å². The molecule has 1 radical (unpaired) electrons. The molecule has 349 valence electrons. The molecular formula is C47H47ClN3O10ReS4-. The number of ether oxygens (including phenoxy) is 4. The van der Waals surface area contributed by atoms with Crippen molar-refractivity contribution in [3.05, 3.63) is 130 Å². The summed E-state index contributed by atoms with van der Waals surface area (Å²) >= 11 is 12.4. The van der Waals surface area contributed by atoms with E-state index in [0.29, 0.717) is 51.6 Å². The number of benzene rings is 3. The molecule has 0 spiro atoms. The van der Waals surface area contributed by atoms with Crippen molar-refractivity contribution in [3.63, 3.8) is 0 Å². The molecule has 13 nitrogen and oxygen atoms in total. The molecule has 2 saturated heterocycles. The molecule has 3 heterocycles. The smallest absolute Gasteiger partial charge is 0.323 e. The number of pyridine rings is 1. The van der Waals surface area contributed by atoms with Crippen molar-refractivity contribution in [2.45, 2.75) is 51.6 Å². The van der Waals surface area contributed by atoms with Gasteiger partial charge in [0, 0.05) is 33.0 Å². The molecule has 1 saturated carbocycles. The van der Waals surface area contributed by atoms with Gasteiger partial charge in [0.2, 0.25) is 0 Å². The number of amides is 2. The molecule has 3 fully saturated rings. The summed E-state index contributed by atoms with van der Waals surface area (Å²) in [7, 11) is 3.49. The quantitative estimate of drug-likeness (QED) is 0.0550. The number of rotatable bonds is 18. The van der Waals surface area contributed by atoms with Gasteiger partial charge in [0.1, 0.15) is 34.1 Å². The second-order valence-corrected chi connectivity index (χ2v) is 18.1. The average Bonchev–Trinajstić information content (AvgIpc) is 3.70. The third-order valence-electron chi connectivity index (χ3n) is 10.1. The minimum atomic E-state index is -1.12. The molecule has 0 bridgehead atoms. The van der Waals surface area contributed by atoms with Crippen molar-refractivity contribution < 1.29 is 68.8 Å². The van der Waals surface area contributed by atoms with Gasteiger partial charge in [0.25, 0.3) is 11.8 Å². The molecule has 19 heteroatoms. The maximum absolute atomic E-state index is 12.6. The third kappa shape index (κ3) is 15.9. The minimum absolute atomic E-state index is 0. The summed E-state index contributed by atoms with van der Waals surface area (Å²) in [5.41, 5.74) is 3.36. The van der Waals surface area contributed by atoms with E-state index in [-0.39, 0.29) is 48.1 Å². The van der Waals surface area contributed by atoms with Crippen LogP contribution < -0.4 is 18.9 Å². The molecule has 1 aromatic heterocycles. The number of nitrogens with zero attached hydrogens (tertiary/aromatic N) is 3. The summed E-state index contributed by atoms with van der Waals surface area (Å²) in [6, 6.07) is 26.4. The van der Waals surface area contributed by atoms with Crippen LogP contribution in [0.4, 0.5) is 0 Å². The van der Waals surface area contributed by atoms with Crippen LogP contribution in [0.15, 0.2) is 101 Å². The number of carboxylic acids is 2. The van der Waals surface area contributed by atoms with Crippen LogP contribution in [-0.2, 0) is 52.6 Å². The largest absolute Gasteiger partial charge is 0.663 e. The van der Waals surface area contributed by atoms with Crippen LogP contribution in [0.2, 0.25) is 0 Å². The van der Waals surface area contributed by atoms with E-state index in [1.807, 2.05) is 60.7 Å². The SMILES string of the molecule is Cl.O=C(O)CN1C(=O)C(=Cc2ccc(OCCc3ccccc3)c(OCc3ccccn3)c2)SC1=S.[CH2-]Oc1cc(C=C2SC(=S)N(CC(=O)O)C2=O)ccc1OCCC1CCCCC1.[Re]. The van der Waals surface area contributed by atoms with Gasteiger partial charge in [-0.05, 0) is 77.6 Å². The number of thioether (sulfide) groups is 2. The van der Waals surface area contributed by atoms with Crippen molar-refractivity contribution in [2.75, 3.05) is 26.3 Å². The number of hydrogen-bond donors (Lipinski definition) is 2. The fourth-order valence-electron chi connectivity index (χ4n) is 6.91. The van der Waals surface area contributed by atoms with E-state index in [1.54, 1.807) is 42.6 Å². The van der Waals surface area contributed by atoms with E-state index in [2.05, 4.69) is 12.1 Å². The Labute approximate surface area is 422 Å². The molecule has 66 heavy (non-hydrogen) atoms. The number of halogens is 1. The molecule has 2 amide bonds. The molecule has 7 rings (SSSR count). The number of aromatic nitrogens is 1. The summed E-state index contributed by atoms with van der Waals surface area (Å²) in [6.45, 7) is 0.448. The second-order valence-electron chi connectivity index (χ2n) is 14.7. The Hall–Kier alpha value is -4.80. The zero-order valence-corrected chi connectivity index (χ0v) is 42.3. The van der Waals surface area contributed by atoms with Gasteiger partial charge in [-0.2, -0.15) is 7.11 Å². The van der Waals surface area contributed by atoms with Crippen molar-refractivity contribution in [1.82, 2.24) is 14.8 Å². The van der Waals surface area contributed by atoms with Gasteiger partial charge in [0.15, 0.2) is 17.2 Å². The summed E-state index contributed by atoms with van der Waals surface area (Å²) in [5.74, 6) is -0.135. The van der Waals surface area contributed by atoms with Crippen molar-refractivity contribution in [2.24, 2.45) is 5.92 Å². The number of aliphatic carboxylic acids is 2. The Morgan fingerprint density at radius 1 is 0.727 bits per heavy atom. The Bertz CT molecular complexity index is 2410. The number of carboxylic acid groups (broad SMARTS) is 2. The minimum Gasteiger partial charge on any atom is -0.663 e. The Morgan fingerprint density at radius 2 is 1.27 bits per heavy atom. The molecule has 4 aromatic rings. The van der Waals surface area contributed by atoms with Crippen LogP contribution in [-0.4, -0.2) is 83.7 Å². The number of carbonyl (C=O) groups excluding carboxylic acids is 2. The molecule has 3 aromatic carbocycles. The van der Waals surface area contributed by atoms with Crippen molar-refractivity contribution in [1.29, 1.82) is 0 Å². The van der Waals surface area contributed by atoms with E-state index < -0.39 is 36.8 Å². The average molecular weight is 1160 g/mol. The fraction of sp³-hybridized carbons (Fsp3) is 0.277. The maximum Gasteiger partial charge on any atom is 0.323 e. The predicted molar refractivity (Wildman–Crippen MR) is 262 cm³/mol. The summed E-state index contributed by atoms with van der Waals surface area (Å²) in [5, 5.41) is 17.9. The van der Waals surface area contributed by atoms with Crippen molar-refractivity contribution >= 4 is 105 Å². The first-order valence-corrected chi connectivity index (χ1v) is 22.9. The Kier molecular flexibility index (Phi) is 22.1. The van der Waals surface area contributed by atoms with Crippen LogP contribution in [0, 0.1) is 13.0 Å². The van der Waals surface area contributed by atoms with E-state index in [1.165, 1.54) is 37.7 Å². The van der Waals surface area contributed by atoms with E-state index >= 15 is 0 Å². The zero-order chi connectivity index (χ0) is 45.4. The van der Waals surface area contributed by atoms with E-state index in [0.717, 1.165) is 63.3 Å². The predicted octanol–water partition coefficient (Wildman–Crippen LogP) is 9.48. The molecule has 0 unspecified atom stereocenters. The third-order valence-corrected chi connectivity index (χ3v) is 12.9. The van der Waals surface area contributed by atoms with Gasteiger partial charge in [-0.1, -0.05) is 129 Å². The fourth-order valence-corrected chi connectivity index (χ4v) is 9.42. The molecule has 1 aliphatic carbocycles. The summed E-state index contributed by atoms with van der Waals surface area (Å²) < 4.78 is 23.6. The topological polar surface area (TPSA) is 165 Å². The van der Waals surface area contributed by atoms with Crippen LogP contribution >= 0.6 is 60.4 Å². The first-order valence-electron chi connectivity index (χ1n) is 20.4. The van der Waals surface area contributed by atoms with Gasteiger partial charge < -0.3 is 29.2 Å². The Morgan fingerprint density at radius 3 is 1.82 bits per heavy atom. The maximum atomic E-state index is 12.6. The van der Waals surface area contributed by atoms with Gasteiger partial charge in [-0.3, -0.25) is 34.0 Å². The normalized spacial score (nSPS) is 16.0. The molecule has 3 aliphatic rings. The molecule has 2 aliphatic heterocycles. The Balaban J connectivity index is 0.000000285. The van der Waals surface area contributed by atoms with Gasteiger partial charge >= 0.3 is 11.9 Å². The summed E-state index contributed by atoms with van der Waals surface area (Å²) in [4.78, 5) is 54.1. The second kappa shape index (κ2) is 27.1. The van der Waals surface area contributed by atoms with Gasteiger partial charge in [-0.15, -0.1) is 12.4 Å². The standard InChI is InChI=1S/C26H22N2O5S2.C21H24NO5S2.ClH.Re/c29-24(30)16-28-25(31)23(35-26(28)34)15-19-9-10-21(32-13-11-18-6-2-1-3-7-18)22(14-19)33-17-20-8-4-5-12-27-20;1-26-17-11-15(12-18-20(25)22(13-19(23)24)21(28)29-18)7-8-16(17)27-10-9-14-5-3-2-4-6-14;;/h1-10,12,14-15H,11,13,16-17H2,(H,29,30);7-8,11-12,14H,1-6,9-10,13H2,(H,23,24);1H;/q;-1;;. The van der Waals surface area contributed by atoms with Crippen LogP contribution in [0.5, 0.6) is 23.0 Å². The molecule has 2 N–H and O–H groups in total. The van der Waals surface area contributed by atoms with Crippen molar-refractivity contribution in [3.8, 4) is 23.0 Å². The first kappa shape index (κ1) is 53.8. The van der Waals surface area contributed by atoms with Crippen LogP contribution in [0.3, 0.4) is 0 Å². The van der Waals surface area contributed by atoms with Gasteiger partial charge in [0.05, 0.1) is 28.7 Å². The number of hydrogen-bond acceptors (Lipinski definition) is 13. The molecule has 0 atom stereocenters. The zero-order valence-electron chi connectivity index (χ0n) is 35.5. The van der Waals surface area contributed by atoms with E-state index in [9.17, 15) is 19.2 Å². The van der Waals surface area contributed by atoms with Crippen LogP contribution in [0.1, 0.15) is 60.9 Å². The monoisotopic (exact) mass is 1160 g/mol. The molecular weight excluding hydrogens is 1120 g/mol. The summed E-state index contributed by atoms with van der Waals surface area (Å²) in [6.07, 6.45) is 13.3.